The predicted octanol–water partition coefficient (Wildman–Crippen LogP) is 4.28. The third-order valence-electron chi connectivity index (χ3n) is 4.55. The number of amides is 2. The molecule has 2 amide bonds. The van der Waals surface area contributed by atoms with E-state index in [-0.39, 0.29) is 18.4 Å². The van der Waals surface area contributed by atoms with Gasteiger partial charge in [-0.25, -0.2) is 0 Å². The number of carbonyl (C=O) groups excluding carboxylic acids is 2. The molecule has 0 aliphatic carbocycles. The van der Waals surface area contributed by atoms with Crippen molar-refractivity contribution >= 4 is 17.5 Å². The first-order chi connectivity index (χ1) is 13.6. The molecule has 1 aromatic heterocycles. The molecular weight excluding hydrogens is 350 g/mol. The second-order valence-corrected chi connectivity index (χ2v) is 6.73. The maximum absolute atomic E-state index is 12.9. The molecule has 1 N–H and O–H groups in total. The van der Waals surface area contributed by atoms with E-state index < -0.39 is 0 Å². The molecule has 0 aliphatic heterocycles. The van der Waals surface area contributed by atoms with Crippen LogP contribution in [-0.2, 0) is 4.79 Å². The van der Waals surface area contributed by atoms with E-state index in [4.69, 9.17) is 0 Å². The van der Waals surface area contributed by atoms with Crippen molar-refractivity contribution in [2.75, 3.05) is 18.4 Å². The fraction of sp³-hybridized carbons (Fsp3) is 0.217. The molecule has 0 spiro atoms. The minimum Gasteiger partial charge on any atom is -0.329 e. The molecule has 0 saturated carbocycles. The molecule has 0 unspecified atom stereocenters. The molecule has 0 atom stereocenters. The lowest BCUT2D eigenvalue weighted by molar-refractivity contribution is -0.116. The Morgan fingerprint density at radius 2 is 1.64 bits per heavy atom. The highest BCUT2D eigenvalue weighted by Crippen LogP contribution is 2.15. The van der Waals surface area contributed by atoms with Crippen molar-refractivity contribution in [3.8, 4) is 5.69 Å². The van der Waals surface area contributed by atoms with E-state index in [9.17, 15) is 9.59 Å². The number of benzene rings is 2. The highest BCUT2D eigenvalue weighted by Gasteiger charge is 2.18. The maximum Gasteiger partial charge on any atom is 0.254 e. The molecule has 3 aromatic rings. The number of nitrogens with one attached hydrogen (secondary N) is 1. The summed E-state index contributed by atoms with van der Waals surface area (Å²) in [4.78, 5) is 27.0. The number of rotatable bonds is 7. The molecule has 28 heavy (non-hydrogen) atoms. The van der Waals surface area contributed by atoms with Gasteiger partial charge < -0.3 is 14.8 Å². The predicted molar refractivity (Wildman–Crippen MR) is 112 cm³/mol. The molecule has 144 valence electrons. The van der Waals surface area contributed by atoms with Crippen LogP contribution in [0.1, 0.15) is 29.3 Å². The lowest BCUT2D eigenvalue weighted by Gasteiger charge is -2.22. The van der Waals surface area contributed by atoms with Crippen LogP contribution in [0.5, 0.6) is 0 Å². The first-order valence-electron chi connectivity index (χ1n) is 9.46. The Kier molecular flexibility index (Phi) is 6.27. The highest BCUT2D eigenvalue weighted by molar-refractivity contribution is 5.99. The standard InChI is InChI=1S/C23H25N3O2/c1-3-14-26(17-22(27)24-21-9-5-4-8-18(21)2)23(28)19-10-12-20(13-11-19)25-15-6-7-16-25/h4-13,15-16H,3,14,17H2,1-2H3,(H,24,27). The summed E-state index contributed by atoms with van der Waals surface area (Å²) in [6.07, 6.45) is 4.69. The molecule has 5 heteroatoms. The second-order valence-electron chi connectivity index (χ2n) is 6.73. The van der Waals surface area contributed by atoms with Gasteiger partial charge in [0.05, 0.1) is 0 Å². The molecule has 0 fully saturated rings. The van der Waals surface area contributed by atoms with Crippen LogP contribution in [-0.4, -0.2) is 34.4 Å². The molecular formula is C23H25N3O2. The van der Waals surface area contributed by atoms with Gasteiger partial charge in [-0.05, 0) is 61.4 Å². The van der Waals surface area contributed by atoms with Crippen LogP contribution in [0.15, 0.2) is 73.1 Å². The number of carbonyl (C=O) groups is 2. The molecule has 0 radical (unpaired) electrons. The Bertz CT molecular complexity index is 931. The summed E-state index contributed by atoms with van der Waals surface area (Å²) in [7, 11) is 0. The Hall–Kier alpha value is -3.34. The molecule has 0 saturated heterocycles. The van der Waals surface area contributed by atoms with Gasteiger partial charge in [-0.1, -0.05) is 25.1 Å². The summed E-state index contributed by atoms with van der Waals surface area (Å²) < 4.78 is 1.98. The largest absolute Gasteiger partial charge is 0.329 e. The van der Waals surface area contributed by atoms with Gasteiger partial charge in [0.15, 0.2) is 0 Å². The lowest BCUT2D eigenvalue weighted by atomic mass is 10.1. The average Bonchev–Trinajstić information content (AvgIpc) is 3.24. The van der Waals surface area contributed by atoms with Crippen LogP contribution in [0, 0.1) is 6.92 Å². The van der Waals surface area contributed by atoms with Crippen molar-refractivity contribution in [1.82, 2.24) is 9.47 Å². The van der Waals surface area contributed by atoms with Crippen molar-refractivity contribution in [1.29, 1.82) is 0 Å². The maximum atomic E-state index is 12.9. The van der Waals surface area contributed by atoms with Crippen molar-refractivity contribution in [3.05, 3.63) is 84.2 Å². The molecule has 0 aliphatic rings. The first kappa shape index (κ1) is 19.4. The fourth-order valence-corrected chi connectivity index (χ4v) is 3.06. The van der Waals surface area contributed by atoms with Gasteiger partial charge in [0, 0.05) is 35.9 Å². The smallest absolute Gasteiger partial charge is 0.254 e. The van der Waals surface area contributed by atoms with Gasteiger partial charge in [0.25, 0.3) is 5.91 Å². The van der Waals surface area contributed by atoms with Gasteiger partial charge in [-0.2, -0.15) is 0 Å². The number of nitrogens with zero attached hydrogens (tertiary/aromatic N) is 2. The number of anilines is 1. The van der Waals surface area contributed by atoms with Gasteiger partial charge in [-0.3, -0.25) is 9.59 Å². The monoisotopic (exact) mass is 375 g/mol. The van der Waals surface area contributed by atoms with Crippen molar-refractivity contribution in [2.24, 2.45) is 0 Å². The van der Waals surface area contributed by atoms with E-state index in [1.165, 1.54) is 0 Å². The summed E-state index contributed by atoms with van der Waals surface area (Å²) >= 11 is 0. The Balaban J connectivity index is 1.69. The van der Waals surface area contributed by atoms with E-state index in [0.29, 0.717) is 12.1 Å². The van der Waals surface area contributed by atoms with Gasteiger partial charge >= 0.3 is 0 Å². The van der Waals surface area contributed by atoms with E-state index in [2.05, 4.69) is 5.32 Å². The molecule has 0 bridgehead atoms. The summed E-state index contributed by atoms with van der Waals surface area (Å²) in [5, 5.41) is 2.90. The second kappa shape index (κ2) is 9.04. The topological polar surface area (TPSA) is 54.3 Å². The number of hydrogen-bond acceptors (Lipinski definition) is 2. The zero-order valence-corrected chi connectivity index (χ0v) is 16.3. The van der Waals surface area contributed by atoms with Crippen LogP contribution < -0.4 is 5.32 Å². The van der Waals surface area contributed by atoms with Crippen molar-refractivity contribution in [3.63, 3.8) is 0 Å². The van der Waals surface area contributed by atoms with Crippen LogP contribution in [0.25, 0.3) is 5.69 Å². The summed E-state index contributed by atoms with van der Waals surface area (Å²) in [5.74, 6) is -0.332. The van der Waals surface area contributed by atoms with Gasteiger partial charge in [0.2, 0.25) is 5.91 Å². The Labute approximate surface area is 165 Å². The Morgan fingerprint density at radius 3 is 2.29 bits per heavy atom. The summed E-state index contributed by atoms with van der Waals surface area (Å²) in [6.45, 7) is 4.49. The number of aryl methyl sites for hydroxylation is 1. The van der Waals surface area contributed by atoms with Crippen LogP contribution in [0.4, 0.5) is 5.69 Å². The summed E-state index contributed by atoms with van der Waals surface area (Å²) in [6, 6.07) is 18.9. The quantitative estimate of drug-likeness (QED) is 0.670. The van der Waals surface area contributed by atoms with Crippen molar-refractivity contribution < 1.29 is 9.59 Å². The fourth-order valence-electron chi connectivity index (χ4n) is 3.06. The zero-order valence-electron chi connectivity index (χ0n) is 16.3. The molecule has 2 aromatic carbocycles. The van der Waals surface area contributed by atoms with E-state index in [1.807, 2.05) is 79.3 Å². The van der Waals surface area contributed by atoms with Crippen LogP contribution >= 0.6 is 0 Å². The third kappa shape index (κ3) is 4.68. The third-order valence-corrected chi connectivity index (χ3v) is 4.55. The molecule has 3 rings (SSSR count). The zero-order chi connectivity index (χ0) is 19.9. The van der Waals surface area contributed by atoms with Gasteiger partial charge in [-0.15, -0.1) is 0 Å². The van der Waals surface area contributed by atoms with Gasteiger partial charge in [0.1, 0.15) is 6.54 Å². The summed E-state index contributed by atoms with van der Waals surface area (Å²) in [5.41, 5.74) is 3.33. The highest BCUT2D eigenvalue weighted by atomic mass is 16.2. The number of hydrogen-bond donors (Lipinski definition) is 1. The Morgan fingerprint density at radius 1 is 0.964 bits per heavy atom. The molecule has 5 nitrogen and oxygen atoms in total. The first-order valence-corrected chi connectivity index (χ1v) is 9.46. The minimum atomic E-state index is -0.194. The average molecular weight is 375 g/mol. The normalized spacial score (nSPS) is 10.5. The SMILES string of the molecule is CCCN(CC(=O)Nc1ccccc1C)C(=O)c1ccc(-n2cccc2)cc1. The van der Waals surface area contributed by atoms with E-state index in [1.54, 1.807) is 17.0 Å². The van der Waals surface area contributed by atoms with Crippen LogP contribution in [0.2, 0.25) is 0 Å². The van der Waals surface area contributed by atoms with E-state index >= 15 is 0 Å². The number of aromatic nitrogens is 1. The minimum absolute atomic E-state index is 0.0281. The van der Waals surface area contributed by atoms with Crippen molar-refractivity contribution in [2.45, 2.75) is 20.3 Å². The lowest BCUT2D eigenvalue weighted by Crippen LogP contribution is -2.38. The van der Waals surface area contributed by atoms with Crippen LogP contribution in [0.3, 0.4) is 0 Å². The number of para-hydroxylation sites is 1. The van der Waals surface area contributed by atoms with E-state index in [0.717, 1.165) is 23.4 Å². The molecule has 1 heterocycles.